The van der Waals surface area contributed by atoms with Crippen LogP contribution in [0.25, 0.3) is 0 Å². The number of fused-ring (bicyclic) bond motifs is 1. The Hall–Kier alpha value is -1.55. The number of aromatic amines is 1. The lowest BCUT2D eigenvalue weighted by molar-refractivity contribution is 0.255. The molecule has 1 N–H and O–H groups in total. The van der Waals surface area contributed by atoms with Gasteiger partial charge < -0.3 is 14.3 Å². The van der Waals surface area contributed by atoms with Gasteiger partial charge in [-0.15, -0.1) is 0 Å². The molecule has 0 saturated carbocycles. The molecule has 0 bridgehead atoms. The zero-order valence-corrected chi connectivity index (χ0v) is 10.5. The van der Waals surface area contributed by atoms with Crippen LogP contribution in [0.5, 0.6) is 5.75 Å². The van der Waals surface area contributed by atoms with Crippen LogP contribution in [0, 0.1) is 11.7 Å². The number of nitrogens with one attached hydrogen (secondary N) is 1. The van der Waals surface area contributed by atoms with Crippen molar-refractivity contribution in [3.05, 3.63) is 46.5 Å². The molecule has 2 heterocycles. The molecule has 0 saturated heterocycles. The molecule has 88 valence electrons. The highest BCUT2D eigenvalue weighted by atomic mass is 32.1. The number of rotatable bonds is 1. The summed E-state index contributed by atoms with van der Waals surface area (Å²) in [5.41, 5.74) is 2.31. The van der Waals surface area contributed by atoms with Gasteiger partial charge in [0, 0.05) is 23.9 Å². The minimum absolute atomic E-state index is 0.289. The standard InChI is InChI=1S/C13H14N2OS/c1-9-8-15(13(17)14-9)11-6-7-16-12-5-3-2-4-10(11)12/h2-5,8,11H,6-7H2,1H3,(H,14,17). The van der Waals surface area contributed by atoms with E-state index in [2.05, 4.69) is 21.8 Å². The summed E-state index contributed by atoms with van der Waals surface area (Å²) in [7, 11) is 0. The molecule has 17 heavy (non-hydrogen) atoms. The molecular weight excluding hydrogens is 232 g/mol. The van der Waals surface area contributed by atoms with Crippen molar-refractivity contribution in [2.24, 2.45) is 0 Å². The maximum absolute atomic E-state index is 5.66. The molecule has 1 aromatic heterocycles. The molecule has 1 unspecified atom stereocenters. The normalized spacial score (nSPS) is 18.5. The first-order chi connectivity index (χ1) is 8.25. The topological polar surface area (TPSA) is 29.9 Å². The van der Waals surface area contributed by atoms with Gasteiger partial charge in [-0.2, -0.15) is 0 Å². The highest BCUT2D eigenvalue weighted by molar-refractivity contribution is 7.71. The van der Waals surface area contributed by atoms with E-state index in [4.69, 9.17) is 17.0 Å². The number of nitrogens with zero attached hydrogens (tertiary/aromatic N) is 1. The van der Waals surface area contributed by atoms with Crippen LogP contribution < -0.4 is 4.74 Å². The number of imidazole rings is 1. The minimum Gasteiger partial charge on any atom is -0.493 e. The summed E-state index contributed by atoms with van der Waals surface area (Å²) in [6.07, 6.45) is 3.04. The van der Waals surface area contributed by atoms with Crippen molar-refractivity contribution in [1.29, 1.82) is 0 Å². The molecule has 3 rings (SSSR count). The monoisotopic (exact) mass is 246 g/mol. The van der Waals surface area contributed by atoms with Gasteiger partial charge in [-0.3, -0.25) is 0 Å². The van der Waals surface area contributed by atoms with Gasteiger partial charge in [0.15, 0.2) is 4.77 Å². The van der Waals surface area contributed by atoms with E-state index in [1.807, 2.05) is 25.1 Å². The van der Waals surface area contributed by atoms with Crippen molar-refractivity contribution in [3.63, 3.8) is 0 Å². The van der Waals surface area contributed by atoms with Crippen molar-refractivity contribution < 1.29 is 4.74 Å². The second-order valence-corrected chi connectivity index (χ2v) is 4.73. The fourth-order valence-electron chi connectivity index (χ4n) is 2.38. The molecule has 0 radical (unpaired) electrons. The number of aromatic nitrogens is 2. The number of hydrogen-bond donors (Lipinski definition) is 1. The lowest BCUT2D eigenvalue weighted by Gasteiger charge is -2.26. The van der Waals surface area contributed by atoms with Crippen LogP contribution in [-0.4, -0.2) is 16.2 Å². The molecule has 0 aliphatic carbocycles. The average molecular weight is 246 g/mol. The summed E-state index contributed by atoms with van der Waals surface area (Å²) >= 11 is 5.35. The predicted molar refractivity (Wildman–Crippen MR) is 69.0 cm³/mol. The van der Waals surface area contributed by atoms with Crippen LogP contribution in [-0.2, 0) is 0 Å². The lowest BCUT2D eigenvalue weighted by Crippen LogP contribution is -2.19. The highest BCUT2D eigenvalue weighted by Crippen LogP contribution is 2.34. The van der Waals surface area contributed by atoms with Crippen LogP contribution in [0.2, 0.25) is 0 Å². The van der Waals surface area contributed by atoms with Crippen LogP contribution in [0.1, 0.15) is 23.7 Å². The number of ether oxygens (including phenoxy) is 1. The molecule has 1 aliphatic heterocycles. The van der Waals surface area contributed by atoms with Gasteiger partial charge in [0.25, 0.3) is 0 Å². The number of aryl methyl sites for hydroxylation is 1. The molecule has 0 amide bonds. The largest absolute Gasteiger partial charge is 0.493 e. The Kier molecular flexibility index (Phi) is 2.52. The Morgan fingerprint density at radius 1 is 1.41 bits per heavy atom. The first-order valence-corrected chi connectivity index (χ1v) is 6.16. The van der Waals surface area contributed by atoms with Gasteiger partial charge in [0.1, 0.15) is 5.75 Å². The predicted octanol–water partition coefficient (Wildman–Crippen LogP) is 3.23. The second-order valence-electron chi connectivity index (χ2n) is 4.34. The minimum atomic E-state index is 0.289. The van der Waals surface area contributed by atoms with E-state index in [0.29, 0.717) is 0 Å². The fourth-order valence-corrected chi connectivity index (χ4v) is 2.72. The molecule has 3 nitrogen and oxygen atoms in total. The third-order valence-corrected chi connectivity index (χ3v) is 3.45. The number of H-pyrrole nitrogens is 1. The van der Waals surface area contributed by atoms with Crippen LogP contribution >= 0.6 is 12.2 Å². The summed E-state index contributed by atoms with van der Waals surface area (Å²) in [4.78, 5) is 3.17. The summed E-state index contributed by atoms with van der Waals surface area (Å²) in [6, 6.07) is 8.47. The Morgan fingerprint density at radius 3 is 3.00 bits per heavy atom. The van der Waals surface area contributed by atoms with E-state index in [9.17, 15) is 0 Å². The van der Waals surface area contributed by atoms with E-state index in [1.54, 1.807) is 0 Å². The summed E-state index contributed by atoms with van der Waals surface area (Å²) in [5, 5.41) is 0. The quantitative estimate of drug-likeness (QED) is 0.783. The average Bonchev–Trinajstić information content (AvgIpc) is 2.68. The zero-order chi connectivity index (χ0) is 11.8. The van der Waals surface area contributed by atoms with Crippen LogP contribution in [0.15, 0.2) is 30.5 Å². The molecule has 1 aliphatic rings. The number of hydrogen-bond acceptors (Lipinski definition) is 2. The molecular formula is C13H14N2OS. The van der Waals surface area contributed by atoms with Crippen LogP contribution in [0.4, 0.5) is 0 Å². The summed E-state index contributed by atoms with van der Waals surface area (Å²) < 4.78 is 8.58. The maximum Gasteiger partial charge on any atom is 0.177 e. The lowest BCUT2D eigenvalue weighted by atomic mass is 10.0. The van der Waals surface area contributed by atoms with Crippen molar-refractivity contribution in [2.75, 3.05) is 6.61 Å². The smallest absolute Gasteiger partial charge is 0.177 e. The van der Waals surface area contributed by atoms with Crippen molar-refractivity contribution in [1.82, 2.24) is 9.55 Å². The zero-order valence-electron chi connectivity index (χ0n) is 9.64. The molecule has 0 spiro atoms. The molecule has 2 aromatic rings. The van der Waals surface area contributed by atoms with Crippen molar-refractivity contribution >= 4 is 12.2 Å². The van der Waals surface area contributed by atoms with E-state index in [1.165, 1.54) is 5.56 Å². The van der Waals surface area contributed by atoms with Gasteiger partial charge in [0.05, 0.1) is 12.6 Å². The molecule has 0 fully saturated rings. The summed E-state index contributed by atoms with van der Waals surface area (Å²) in [6.45, 7) is 2.77. The number of benzene rings is 1. The molecule has 4 heteroatoms. The Labute approximate surface area is 105 Å². The summed E-state index contributed by atoms with van der Waals surface area (Å²) in [5.74, 6) is 0.976. The third kappa shape index (κ3) is 1.78. The fraction of sp³-hybridized carbons (Fsp3) is 0.308. The van der Waals surface area contributed by atoms with E-state index >= 15 is 0 Å². The second kappa shape index (κ2) is 4.04. The molecule has 1 atom stereocenters. The third-order valence-electron chi connectivity index (χ3n) is 3.13. The van der Waals surface area contributed by atoms with Crippen molar-refractivity contribution in [2.45, 2.75) is 19.4 Å². The van der Waals surface area contributed by atoms with Gasteiger partial charge in [-0.05, 0) is 25.2 Å². The maximum atomic E-state index is 5.66. The van der Waals surface area contributed by atoms with Gasteiger partial charge in [-0.25, -0.2) is 0 Å². The SMILES string of the molecule is Cc1cn(C2CCOc3ccccc32)c(=S)[nH]1. The Balaban J connectivity index is 2.12. The first-order valence-electron chi connectivity index (χ1n) is 5.75. The number of para-hydroxylation sites is 1. The van der Waals surface area contributed by atoms with E-state index < -0.39 is 0 Å². The van der Waals surface area contributed by atoms with Gasteiger partial charge in [0.2, 0.25) is 0 Å². The van der Waals surface area contributed by atoms with Crippen LogP contribution in [0.3, 0.4) is 0 Å². The Bertz CT molecular complexity index is 599. The van der Waals surface area contributed by atoms with E-state index in [-0.39, 0.29) is 6.04 Å². The Morgan fingerprint density at radius 2 is 2.24 bits per heavy atom. The van der Waals surface area contributed by atoms with E-state index in [0.717, 1.165) is 29.2 Å². The van der Waals surface area contributed by atoms with Crippen molar-refractivity contribution in [3.8, 4) is 5.75 Å². The van der Waals surface area contributed by atoms with Gasteiger partial charge >= 0.3 is 0 Å². The highest BCUT2D eigenvalue weighted by Gasteiger charge is 2.22. The first kappa shape index (κ1) is 10.6. The molecule has 1 aromatic carbocycles. The van der Waals surface area contributed by atoms with Gasteiger partial charge in [-0.1, -0.05) is 18.2 Å².